The van der Waals surface area contributed by atoms with Crippen LogP contribution in [-0.2, 0) is 0 Å². The molecule has 0 N–H and O–H groups in total. The number of pyridine rings is 6. The van der Waals surface area contributed by atoms with Gasteiger partial charge in [0.15, 0.2) is 0 Å². The number of fused-ring (bicyclic) bond motifs is 12. The Morgan fingerprint density at radius 2 is 0.405 bits per heavy atom. The Hall–Kier alpha value is -16.8. The van der Waals surface area contributed by atoms with Crippen LogP contribution in [0.3, 0.4) is 0 Å². The monoisotopic (exact) mass is 1600 g/mol. The minimum Gasteiger partial charge on any atom is -0.264 e. The van der Waals surface area contributed by atoms with Crippen LogP contribution in [0.15, 0.2) is 474 Å². The zero-order valence-corrected chi connectivity index (χ0v) is 68.7. The molecule has 6 heteroatoms. The number of nitrogens with zero attached hydrogens (tertiary/aromatic N) is 6. The Bertz CT molecular complexity index is 7400. The number of rotatable bonds is 12. The lowest BCUT2D eigenvalue weighted by Crippen LogP contribution is -1.91. The predicted octanol–water partition coefficient (Wildman–Crippen LogP) is 31.8. The van der Waals surface area contributed by atoms with Gasteiger partial charge in [-0.05, 0) is 192 Å². The van der Waals surface area contributed by atoms with E-state index in [0.717, 1.165) is 66.7 Å². The van der Waals surface area contributed by atoms with Crippen LogP contribution in [0.25, 0.3) is 231 Å². The van der Waals surface area contributed by atoms with Gasteiger partial charge >= 0.3 is 0 Å². The third kappa shape index (κ3) is 14.8. The molecule has 126 heavy (non-hydrogen) atoms. The molecule has 6 heterocycles. The molecule has 0 aliphatic rings. The number of hydrogen-bond acceptors (Lipinski definition) is 6. The molecule has 0 spiro atoms. The lowest BCUT2D eigenvalue weighted by molar-refractivity contribution is 1.36. The topological polar surface area (TPSA) is 77.3 Å². The van der Waals surface area contributed by atoms with Crippen LogP contribution in [-0.4, -0.2) is 29.9 Å². The van der Waals surface area contributed by atoms with Crippen LogP contribution < -0.4 is 0 Å². The summed E-state index contributed by atoms with van der Waals surface area (Å²) in [5.74, 6) is 0. The Balaban J connectivity index is 0.000000112. The van der Waals surface area contributed by atoms with Crippen molar-refractivity contribution in [1.82, 2.24) is 29.9 Å². The zero-order chi connectivity index (χ0) is 83.6. The van der Waals surface area contributed by atoms with Crippen molar-refractivity contribution in [3.05, 3.63) is 474 Å². The van der Waals surface area contributed by atoms with Crippen molar-refractivity contribution in [1.29, 1.82) is 0 Å². The third-order valence-corrected chi connectivity index (χ3v) is 24.5. The van der Waals surface area contributed by atoms with Gasteiger partial charge in [0.25, 0.3) is 0 Å². The molecule has 588 valence electrons. The normalized spacial score (nSPS) is 11.3. The van der Waals surface area contributed by atoms with Gasteiger partial charge in [-0.15, -0.1) is 0 Å². The van der Waals surface area contributed by atoms with Crippen molar-refractivity contribution >= 4 is 97.3 Å². The molecule has 0 atom stereocenters. The van der Waals surface area contributed by atoms with Crippen molar-refractivity contribution in [2.75, 3.05) is 0 Å². The van der Waals surface area contributed by atoms with Gasteiger partial charge in [-0.25, -0.2) is 15.0 Å². The molecule has 6 aromatic heterocycles. The number of benzene rings is 18. The van der Waals surface area contributed by atoms with E-state index in [0.29, 0.717) is 0 Å². The van der Waals surface area contributed by atoms with E-state index in [-0.39, 0.29) is 0 Å². The Morgan fingerprint density at radius 3 is 0.802 bits per heavy atom. The summed E-state index contributed by atoms with van der Waals surface area (Å²) in [6.45, 7) is 0. The smallest absolute Gasteiger partial charge is 0.0722 e. The van der Waals surface area contributed by atoms with E-state index < -0.39 is 0 Å². The Labute approximate surface area is 730 Å². The molecule has 0 fully saturated rings. The fourth-order valence-electron chi connectivity index (χ4n) is 18.1. The van der Waals surface area contributed by atoms with Crippen LogP contribution in [0, 0.1) is 0 Å². The van der Waals surface area contributed by atoms with Crippen molar-refractivity contribution in [2.45, 2.75) is 0 Å². The maximum atomic E-state index is 5.15. The lowest BCUT2D eigenvalue weighted by atomic mass is 9.94. The second kappa shape index (κ2) is 33.3. The predicted molar refractivity (Wildman–Crippen MR) is 529 cm³/mol. The summed E-state index contributed by atoms with van der Waals surface area (Å²) in [5.41, 5.74) is 30.7. The van der Waals surface area contributed by atoms with Gasteiger partial charge in [0, 0.05) is 91.8 Å². The van der Waals surface area contributed by atoms with E-state index in [1.165, 1.54) is 165 Å². The molecule has 0 aliphatic carbocycles. The van der Waals surface area contributed by atoms with E-state index >= 15 is 0 Å². The van der Waals surface area contributed by atoms with E-state index in [9.17, 15) is 0 Å². The highest BCUT2D eigenvalue weighted by Gasteiger charge is 2.19. The first-order valence-electron chi connectivity index (χ1n) is 42.7. The maximum Gasteiger partial charge on any atom is 0.0722 e. The summed E-state index contributed by atoms with van der Waals surface area (Å²) in [6.07, 6.45) is 11.4. The highest BCUT2D eigenvalue weighted by atomic mass is 14.7. The summed E-state index contributed by atoms with van der Waals surface area (Å²) in [6, 6.07) is 155. The summed E-state index contributed by atoms with van der Waals surface area (Å²) in [5, 5.41) is 18.1. The quantitative estimate of drug-likeness (QED) is 0.113. The van der Waals surface area contributed by atoms with Gasteiger partial charge in [-0.2, -0.15) is 0 Å². The fraction of sp³-hybridized carbons (Fsp3) is 0. The van der Waals surface area contributed by atoms with Crippen molar-refractivity contribution in [3.63, 3.8) is 0 Å². The number of aromatic nitrogens is 6. The average molecular weight is 1600 g/mol. The highest BCUT2D eigenvalue weighted by molar-refractivity contribution is 6.17. The molecule has 24 aromatic rings. The van der Waals surface area contributed by atoms with Gasteiger partial charge in [0.05, 0.1) is 33.6 Å². The van der Waals surface area contributed by atoms with E-state index in [2.05, 4.69) is 452 Å². The second-order valence-electron chi connectivity index (χ2n) is 32.0. The summed E-state index contributed by atoms with van der Waals surface area (Å²) in [4.78, 5) is 28.5. The van der Waals surface area contributed by atoms with Crippen LogP contribution in [0.4, 0.5) is 0 Å². The SMILES string of the molecule is c1ccc(-c2cc(-c3ccc(-c4ccc(-c5cccc6ccncc56)cc4)cc3)nc3ccc4ccccc4c23)cc1.c1ccc(-c2cc(-c3ccc(-c4ccc(-c5cccc6cnccc56)cc4)cc3)nc3ccc4ccccc4c23)cc1.c1ccc(-c2cc(-c3ccc(-c4ccc(-c5cncc6ccccc56)cc4)cc3)nc3ccc4ccccc4c23)cc1. The van der Waals surface area contributed by atoms with Crippen molar-refractivity contribution in [2.24, 2.45) is 0 Å². The summed E-state index contributed by atoms with van der Waals surface area (Å²) >= 11 is 0. The maximum absolute atomic E-state index is 5.15. The summed E-state index contributed by atoms with van der Waals surface area (Å²) in [7, 11) is 0. The Kier molecular flexibility index (Phi) is 19.9. The fourth-order valence-corrected chi connectivity index (χ4v) is 18.1. The van der Waals surface area contributed by atoms with Crippen molar-refractivity contribution in [3.8, 4) is 134 Å². The van der Waals surface area contributed by atoms with Gasteiger partial charge in [-0.3, -0.25) is 15.0 Å². The first-order valence-corrected chi connectivity index (χ1v) is 42.7. The Morgan fingerprint density at radius 1 is 0.135 bits per heavy atom. The van der Waals surface area contributed by atoms with E-state index in [4.69, 9.17) is 15.0 Å². The third-order valence-electron chi connectivity index (χ3n) is 24.5. The van der Waals surface area contributed by atoms with Crippen LogP contribution in [0.1, 0.15) is 0 Å². The van der Waals surface area contributed by atoms with Gasteiger partial charge < -0.3 is 0 Å². The first kappa shape index (κ1) is 75.4. The molecule has 0 amide bonds. The molecule has 0 bridgehead atoms. The highest BCUT2D eigenvalue weighted by Crippen LogP contribution is 2.43. The van der Waals surface area contributed by atoms with Crippen LogP contribution in [0.2, 0.25) is 0 Å². The molecular weight excluding hydrogens is 1530 g/mol. The molecule has 18 aromatic carbocycles. The van der Waals surface area contributed by atoms with Crippen LogP contribution in [0.5, 0.6) is 0 Å². The van der Waals surface area contributed by atoms with E-state index in [1.807, 2.05) is 37.2 Å². The lowest BCUT2D eigenvalue weighted by Gasteiger charge is -2.13. The standard InChI is InChI=1S/3C40H26N2/c1-2-8-29(9-3-1)36-24-39(42-38-23-22-30-10-4-7-13-35(30)40(36)38)32-20-16-28(17-21-32)27-14-18-31(19-15-27)37-26-41-25-33-11-5-6-12-34(33)37;1-2-7-29(8-3-1)37-25-39(42-38-22-21-30-9-4-5-11-36(30)40(37)38)32-19-15-28(16-20-32)27-13-17-31(18-14-27)34-12-6-10-33-26-41-24-23-35(33)34;1-2-7-29(8-3-1)36-25-39(42-38-22-21-30-9-4-5-11-35(30)40(36)38)33-19-15-28(16-20-33)27-13-17-32(18-14-27)34-12-6-10-31-23-24-41-26-37(31)34/h3*1-26H. The minimum atomic E-state index is 0.974. The molecule has 0 radical (unpaired) electrons. The minimum absolute atomic E-state index is 0.974. The zero-order valence-electron chi connectivity index (χ0n) is 68.7. The summed E-state index contributed by atoms with van der Waals surface area (Å²) < 4.78 is 0. The van der Waals surface area contributed by atoms with Gasteiger partial charge in [0.2, 0.25) is 0 Å². The molecule has 0 saturated heterocycles. The first-order chi connectivity index (χ1) is 62.4. The van der Waals surface area contributed by atoms with Gasteiger partial charge in [-0.1, -0.05) is 388 Å². The molecular formula is C120H78N6. The molecule has 6 nitrogen and oxygen atoms in total. The molecule has 0 aliphatic heterocycles. The number of hydrogen-bond donors (Lipinski definition) is 0. The van der Waals surface area contributed by atoms with Crippen molar-refractivity contribution < 1.29 is 0 Å². The van der Waals surface area contributed by atoms with Crippen LogP contribution >= 0.6 is 0 Å². The average Bonchev–Trinajstić information content (AvgIpc) is 0.759. The molecule has 0 unspecified atom stereocenters. The largest absolute Gasteiger partial charge is 0.264 e. The van der Waals surface area contributed by atoms with E-state index in [1.54, 1.807) is 0 Å². The molecule has 24 rings (SSSR count). The van der Waals surface area contributed by atoms with Gasteiger partial charge in [0.1, 0.15) is 0 Å². The second-order valence-corrected chi connectivity index (χ2v) is 32.0. The molecule has 0 saturated carbocycles.